The van der Waals surface area contributed by atoms with Crippen LogP contribution >= 0.6 is 0 Å². The number of aryl methyl sites for hydroxylation is 1. The van der Waals surface area contributed by atoms with E-state index in [1.807, 2.05) is 0 Å². The number of hydrogen-bond acceptors (Lipinski definition) is 5. The largest absolute Gasteiger partial charge is 0.481 e. The Kier molecular flexibility index (Phi) is 4.44. The first kappa shape index (κ1) is 15.3. The molecular weight excluding hydrogens is 290 g/mol. The minimum Gasteiger partial charge on any atom is -0.481 e. The van der Waals surface area contributed by atoms with Crippen molar-refractivity contribution >= 4 is 15.7 Å². The van der Waals surface area contributed by atoms with E-state index in [1.165, 1.54) is 13.2 Å². The van der Waals surface area contributed by atoms with E-state index in [1.54, 1.807) is 37.4 Å². The molecule has 0 aliphatic carbocycles. The Hall–Kier alpha value is -2.12. The molecule has 112 valence electrons. The number of rotatable bonds is 5. The lowest BCUT2D eigenvalue weighted by Gasteiger charge is -2.09. The van der Waals surface area contributed by atoms with Crippen LogP contribution < -0.4 is 15.2 Å². The highest BCUT2D eigenvalue weighted by Gasteiger charge is 2.14. The number of pyridine rings is 1. The van der Waals surface area contributed by atoms with Crippen LogP contribution in [0.5, 0.6) is 5.88 Å². The van der Waals surface area contributed by atoms with Gasteiger partial charge in [-0.3, -0.25) is 0 Å². The number of benzene rings is 1. The van der Waals surface area contributed by atoms with E-state index in [2.05, 4.69) is 9.71 Å². The molecule has 0 aliphatic heterocycles. The number of anilines is 1. The number of nitrogens with zero attached hydrogens (tertiary/aromatic N) is 1. The minimum absolute atomic E-state index is 0.156. The van der Waals surface area contributed by atoms with Crippen molar-refractivity contribution in [2.75, 3.05) is 12.8 Å². The molecular formula is C14H17N3O3S. The molecule has 0 spiro atoms. The van der Waals surface area contributed by atoms with Crippen LogP contribution in [0.15, 0.2) is 41.4 Å². The molecule has 0 bridgehead atoms. The second-order valence-electron chi connectivity index (χ2n) is 4.55. The maximum absolute atomic E-state index is 12.2. The van der Waals surface area contributed by atoms with Gasteiger partial charge in [0.15, 0.2) is 0 Å². The molecule has 0 aliphatic rings. The third-order valence-corrected chi connectivity index (χ3v) is 4.42. The van der Waals surface area contributed by atoms with E-state index in [9.17, 15) is 8.42 Å². The Labute approximate surface area is 124 Å². The third kappa shape index (κ3) is 3.71. The first-order valence-corrected chi connectivity index (χ1v) is 7.75. The molecule has 0 radical (unpaired) electrons. The van der Waals surface area contributed by atoms with Gasteiger partial charge in [-0.05, 0) is 36.2 Å². The van der Waals surface area contributed by atoms with E-state index in [4.69, 9.17) is 10.5 Å². The quantitative estimate of drug-likeness (QED) is 0.816. The van der Waals surface area contributed by atoms with Gasteiger partial charge in [0.2, 0.25) is 15.9 Å². The van der Waals surface area contributed by atoms with Gasteiger partial charge in [0.1, 0.15) is 0 Å². The van der Waals surface area contributed by atoms with E-state index in [0.717, 1.165) is 11.1 Å². The molecule has 1 aromatic heterocycles. The second kappa shape index (κ2) is 6.11. The van der Waals surface area contributed by atoms with E-state index in [-0.39, 0.29) is 11.4 Å². The number of ether oxygens (including phenoxy) is 1. The predicted octanol–water partition coefficient (Wildman–Crippen LogP) is 1.46. The lowest BCUT2D eigenvalue weighted by Crippen LogP contribution is -2.23. The van der Waals surface area contributed by atoms with Gasteiger partial charge in [-0.15, -0.1) is 0 Å². The summed E-state index contributed by atoms with van der Waals surface area (Å²) in [6.45, 7) is 1.92. The molecule has 7 heteroatoms. The maximum atomic E-state index is 12.2. The number of hydrogen-bond donors (Lipinski definition) is 2. The standard InChI is InChI=1S/C14H17N3O3S/c1-10-7-12(4-5-13(10)15)21(18,19)17-9-11-3-6-14(20-2)16-8-11/h3-8,17H,9,15H2,1-2H3. The summed E-state index contributed by atoms with van der Waals surface area (Å²) in [5.74, 6) is 0.482. The monoisotopic (exact) mass is 307 g/mol. The molecule has 2 aromatic rings. The SMILES string of the molecule is COc1ccc(CNS(=O)(=O)c2ccc(N)c(C)c2)cn1. The van der Waals surface area contributed by atoms with Gasteiger partial charge in [0.05, 0.1) is 12.0 Å². The fraction of sp³-hybridized carbons (Fsp3) is 0.214. The van der Waals surface area contributed by atoms with Gasteiger partial charge < -0.3 is 10.5 Å². The van der Waals surface area contributed by atoms with Crippen LogP contribution in [0.4, 0.5) is 5.69 Å². The van der Waals surface area contributed by atoms with Crippen molar-refractivity contribution in [1.82, 2.24) is 9.71 Å². The van der Waals surface area contributed by atoms with Crippen LogP contribution in [-0.2, 0) is 16.6 Å². The Morgan fingerprint density at radius 1 is 1.29 bits per heavy atom. The zero-order valence-electron chi connectivity index (χ0n) is 11.8. The maximum Gasteiger partial charge on any atom is 0.240 e. The average molecular weight is 307 g/mol. The Balaban J connectivity index is 2.11. The summed E-state index contributed by atoms with van der Waals surface area (Å²) >= 11 is 0. The molecule has 0 unspecified atom stereocenters. The Bertz CT molecular complexity index is 728. The summed E-state index contributed by atoms with van der Waals surface area (Å²) in [5, 5.41) is 0. The molecule has 21 heavy (non-hydrogen) atoms. The normalized spacial score (nSPS) is 11.3. The van der Waals surface area contributed by atoms with E-state index in [0.29, 0.717) is 11.6 Å². The zero-order valence-corrected chi connectivity index (χ0v) is 12.6. The Morgan fingerprint density at radius 3 is 2.62 bits per heavy atom. The summed E-state index contributed by atoms with van der Waals surface area (Å²) in [4.78, 5) is 4.21. The lowest BCUT2D eigenvalue weighted by molar-refractivity contribution is 0.397. The van der Waals surface area contributed by atoms with Crippen LogP contribution in [-0.4, -0.2) is 20.5 Å². The number of nitrogens with two attached hydrogens (primary N) is 1. The van der Waals surface area contributed by atoms with Gasteiger partial charge >= 0.3 is 0 Å². The second-order valence-corrected chi connectivity index (χ2v) is 6.32. The first-order chi connectivity index (χ1) is 9.92. The van der Waals surface area contributed by atoms with Crippen molar-refractivity contribution in [2.45, 2.75) is 18.4 Å². The number of nitrogens with one attached hydrogen (secondary N) is 1. The fourth-order valence-electron chi connectivity index (χ4n) is 1.71. The number of sulfonamides is 1. The molecule has 0 amide bonds. The highest BCUT2D eigenvalue weighted by Crippen LogP contribution is 2.17. The zero-order chi connectivity index (χ0) is 15.5. The summed E-state index contributed by atoms with van der Waals surface area (Å²) in [6.07, 6.45) is 1.57. The van der Waals surface area contributed by atoms with Crippen LogP contribution in [0.3, 0.4) is 0 Å². The van der Waals surface area contributed by atoms with Crippen LogP contribution in [0.25, 0.3) is 0 Å². The number of nitrogen functional groups attached to an aromatic ring is 1. The molecule has 3 N–H and O–H groups in total. The van der Waals surface area contributed by atoms with Crippen molar-refractivity contribution in [3.05, 3.63) is 47.7 Å². The lowest BCUT2D eigenvalue weighted by atomic mass is 10.2. The van der Waals surface area contributed by atoms with Crippen molar-refractivity contribution in [3.8, 4) is 5.88 Å². The van der Waals surface area contributed by atoms with Crippen LogP contribution in [0.1, 0.15) is 11.1 Å². The molecule has 0 atom stereocenters. The molecule has 1 heterocycles. The third-order valence-electron chi connectivity index (χ3n) is 3.02. The van der Waals surface area contributed by atoms with Crippen LogP contribution in [0.2, 0.25) is 0 Å². The summed E-state index contributed by atoms with van der Waals surface area (Å²) in [5.41, 5.74) is 7.72. The van der Waals surface area contributed by atoms with Gasteiger partial charge in [0, 0.05) is 24.5 Å². The van der Waals surface area contributed by atoms with Gasteiger partial charge in [0.25, 0.3) is 0 Å². The predicted molar refractivity (Wildman–Crippen MR) is 80.4 cm³/mol. The summed E-state index contributed by atoms with van der Waals surface area (Å²) in [6, 6.07) is 8.04. The Morgan fingerprint density at radius 2 is 2.05 bits per heavy atom. The van der Waals surface area contributed by atoms with Crippen LogP contribution in [0, 0.1) is 6.92 Å². The summed E-state index contributed by atoms with van der Waals surface area (Å²) in [7, 11) is -2.06. The van der Waals surface area contributed by atoms with Crippen molar-refractivity contribution in [3.63, 3.8) is 0 Å². The smallest absolute Gasteiger partial charge is 0.240 e. The molecule has 2 rings (SSSR count). The molecule has 0 saturated carbocycles. The highest BCUT2D eigenvalue weighted by atomic mass is 32.2. The van der Waals surface area contributed by atoms with Gasteiger partial charge in [-0.1, -0.05) is 6.07 Å². The number of aromatic nitrogens is 1. The van der Waals surface area contributed by atoms with Crippen molar-refractivity contribution < 1.29 is 13.2 Å². The molecule has 0 fully saturated rings. The van der Waals surface area contributed by atoms with Crippen molar-refractivity contribution in [1.29, 1.82) is 0 Å². The molecule has 1 aromatic carbocycles. The highest BCUT2D eigenvalue weighted by molar-refractivity contribution is 7.89. The first-order valence-electron chi connectivity index (χ1n) is 6.27. The van der Waals surface area contributed by atoms with E-state index >= 15 is 0 Å². The minimum atomic E-state index is -3.58. The topological polar surface area (TPSA) is 94.3 Å². The van der Waals surface area contributed by atoms with Gasteiger partial charge in [-0.25, -0.2) is 18.1 Å². The average Bonchev–Trinajstić information content (AvgIpc) is 2.48. The van der Waals surface area contributed by atoms with Gasteiger partial charge in [-0.2, -0.15) is 0 Å². The molecule has 0 saturated heterocycles. The summed E-state index contributed by atoms with van der Waals surface area (Å²) < 4.78 is 31.9. The molecule has 6 nitrogen and oxygen atoms in total. The van der Waals surface area contributed by atoms with Crippen molar-refractivity contribution in [2.24, 2.45) is 0 Å². The van der Waals surface area contributed by atoms with E-state index < -0.39 is 10.0 Å². The number of methoxy groups -OCH3 is 1. The fourth-order valence-corrected chi connectivity index (χ4v) is 2.82.